The second-order valence-corrected chi connectivity index (χ2v) is 28.4. The van der Waals surface area contributed by atoms with Crippen LogP contribution in [0.5, 0.6) is 0 Å². The van der Waals surface area contributed by atoms with Crippen LogP contribution in [0.1, 0.15) is 12.0 Å². The van der Waals surface area contributed by atoms with Gasteiger partial charge < -0.3 is 24.8 Å². The third kappa shape index (κ3) is 7.26. The van der Waals surface area contributed by atoms with E-state index in [2.05, 4.69) is 85.0 Å². The Morgan fingerprint density at radius 1 is 0.793 bits per heavy atom. The van der Waals surface area contributed by atoms with Crippen molar-refractivity contribution >= 4 is 27.2 Å². The van der Waals surface area contributed by atoms with Crippen molar-refractivity contribution in [2.75, 3.05) is 0 Å². The summed E-state index contributed by atoms with van der Waals surface area (Å²) in [5.41, 5.74) is 3.66. The van der Waals surface area contributed by atoms with Gasteiger partial charge in [-0.15, -0.1) is 41.6 Å². The fourth-order valence-corrected chi connectivity index (χ4v) is 46.2. The van der Waals surface area contributed by atoms with E-state index < -0.39 is 0 Å². The molecule has 5 heteroatoms. The van der Waals surface area contributed by atoms with Crippen molar-refractivity contribution in [2.45, 2.75) is 30.6 Å². The van der Waals surface area contributed by atoms with Crippen LogP contribution in [0.2, 0.25) is 24.2 Å². The van der Waals surface area contributed by atoms with Gasteiger partial charge in [0.05, 0.1) is 0 Å². The second-order valence-electron chi connectivity index (χ2n) is 7.06. The van der Waals surface area contributed by atoms with Gasteiger partial charge in [0.25, 0.3) is 0 Å². The van der Waals surface area contributed by atoms with Gasteiger partial charge in [0.2, 0.25) is 0 Å². The molecule has 3 aromatic carbocycles. The summed E-state index contributed by atoms with van der Waals surface area (Å²) in [6, 6.07) is 32.2. The molecule has 0 radical (unpaired) electrons. The van der Waals surface area contributed by atoms with E-state index in [1.54, 1.807) is 24.2 Å². The van der Waals surface area contributed by atoms with Crippen molar-refractivity contribution in [3.63, 3.8) is 0 Å². The molecule has 0 spiro atoms. The Hall–Kier alpha value is -0.573. The monoisotopic (exact) mass is 528 g/mol. The average Bonchev–Trinajstić information content (AvgIpc) is 3.55. The van der Waals surface area contributed by atoms with Crippen LogP contribution in [0, 0.1) is 6.08 Å². The molecule has 0 unspecified atom stereocenters. The van der Waals surface area contributed by atoms with Crippen LogP contribution < -0.4 is 24.8 Å². The van der Waals surface area contributed by atoms with Crippen molar-refractivity contribution in [1.82, 2.24) is 0 Å². The standard InChI is InChI=1S/C11H9.C9H7.C4H8Si2.2ClH.Zr/c1-2-6-10(7-3-1)11-8-4-5-9-11;1-2-5-9-7-3-6-8(9)4-1;1-2-6-4-3-5-1;;;/h1-3,6-9H,4H2;1-7H;1-4H2;2*1H;/q2*-1;;;;/p-2. The largest absolute Gasteiger partial charge is 1.00 e. The summed E-state index contributed by atoms with van der Waals surface area (Å²) < 4.78 is 0. The first-order valence-electron chi connectivity index (χ1n) is 9.77. The van der Waals surface area contributed by atoms with Gasteiger partial charge in [0, 0.05) is 0 Å². The average molecular weight is 531 g/mol. The zero-order valence-corrected chi connectivity index (χ0v) is 22.3. The number of rotatable bonds is 1. The molecule has 2 bridgehead atoms. The van der Waals surface area contributed by atoms with Gasteiger partial charge in [-0.25, -0.2) is 6.08 Å². The zero-order valence-electron chi connectivity index (χ0n) is 16.4. The molecule has 0 fully saturated rings. The minimum atomic E-state index is 0. The summed E-state index contributed by atoms with van der Waals surface area (Å²) in [4.78, 5) is 0. The number of halogens is 2. The molecule has 150 valence electrons. The summed E-state index contributed by atoms with van der Waals surface area (Å²) >= 11 is 0.465. The summed E-state index contributed by atoms with van der Waals surface area (Å²) in [5.74, 6) is 0. The minimum Gasteiger partial charge on any atom is -1.00 e. The maximum atomic E-state index is 3.15. The van der Waals surface area contributed by atoms with Crippen molar-refractivity contribution in [3.05, 3.63) is 96.6 Å². The minimum absolute atomic E-state index is 0. The Kier molecular flexibility index (Phi) is 11.0. The van der Waals surface area contributed by atoms with E-state index >= 15 is 0 Å². The number of allylic oxidation sites excluding steroid dienone is 4. The van der Waals surface area contributed by atoms with Crippen molar-refractivity contribution in [3.8, 4) is 0 Å². The molecular formula is C24H24Cl2Si2Zr-4. The normalized spacial score (nSPS) is 15.0. The van der Waals surface area contributed by atoms with Gasteiger partial charge in [-0.05, 0) is 0 Å². The number of hydrogen-bond donors (Lipinski definition) is 0. The Labute approximate surface area is 198 Å². The van der Waals surface area contributed by atoms with Crippen molar-refractivity contribution < 1.29 is 45.3 Å². The molecule has 0 N–H and O–H groups in total. The fourth-order valence-electron chi connectivity index (χ4n) is 3.65. The van der Waals surface area contributed by atoms with Crippen molar-refractivity contribution in [1.29, 1.82) is 0 Å². The van der Waals surface area contributed by atoms with Crippen molar-refractivity contribution in [2.24, 2.45) is 0 Å². The number of benzene rings is 2. The Morgan fingerprint density at radius 2 is 1.45 bits per heavy atom. The van der Waals surface area contributed by atoms with Crippen LogP contribution in [0.4, 0.5) is 0 Å². The molecule has 29 heavy (non-hydrogen) atoms. The van der Waals surface area contributed by atoms with Crippen LogP contribution in [0.3, 0.4) is 0 Å². The maximum absolute atomic E-state index is 3.15. The Bertz CT molecular complexity index is 987. The molecule has 0 aromatic heterocycles. The molecule has 6 rings (SSSR count). The Morgan fingerprint density at radius 3 is 2.00 bits per heavy atom. The zero-order chi connectivity index (χ0) is 18.3. The van der Waals surface area contributed by atoms with Crippen LogP contribution in [-0.4, -0.2) is 10.9 Å². The summed E-state index contributed by atoms with van der Waals surface area (Å²) in [5, 5.41) is 2.66. The predicted octanol–water partition coefficient (Wildman–Crippen LogP) is 0.479. The summed E-state index contributed by atoms with van der Waals surface area (Å²) in [7, 11) is 0. The first-order chi connectivity index (χ1) is 13.4. The quantitative estimate of drug-likeness (QED) is 0.317. The third-order valence-electron chi connectivity index (χ3n) is 5.16. The SMILES string of the molecule is C1C[Si]2=[Zr]=[Si]1CC2.[C-]1=CC(c2ccccc2)=CC1.[Cl-].[Cl-].c1ccc2[cH-]ccc2c1. The van der Waals surface area contributed by atoms with Crippen LogP contribution >= 0.6 is 0 Å². The predicted molar refractivity (Wildman–Crippen MR) is 117 cm³/mol. The first-order valence-corrected chi connectivity index (χ1v) is 21.0. The van der Waals surface area contributed by atoms with E-state index in [9.17, 15) is 0 Å². The Balaban J connectivity index is 0.000000153. The second kappa shape index (κ2) is 13.0. The van der Waals surface area contributed by atoms with Gasteiger partial charge >= 0.3 is 55.5 Å². The topological polar surface area (TPSA) is 0 Å². The summed E-state index contributed by atoms with van der Waals surface area (Å²) in [6.45, 7) is 0. The molecule has 3 aromatic rings. The molecule has 1 aliphatic carbocycles. The van der Waals surface area contributed by atoms with E-state index in [4.69, 9.17) is 0 Å². The van der Waals surface area contributed by atoms with Gasteiger partial charge in [-0.1, -0.05) is 36.4 Å². The fraction of sp³-hybridized carbons (Fsp3) is 0.208. The third-order valence-corrected chi connectivity index (χ3v) is 35.4. The molecule has 3 aliphatic rings. The molecule has 2 heterocycles. The molecule has 0 amide bonds. The van der Waals surface area contributed by atoms with Gasteiger partial charge in [-0.2, -0.15) is 29.2 Å². The van der Waals surface area contributed by atoms with Crippen LogP contribution in [0.25, 0.3) is 16.3 Å². The number of hydrogen-bond acceptors (Lipinski definition) is 0. The van der Waals surface area contributed by atoms with E-state index in [-0.39, 0.29) is 24.8 Å². The first kappa shape index (κ1) is 24.7. The van der Waals surface area contributed by atoms with E-state index in [0.29, 0.717) is 31.3 Å². The van der Waals surface area contributed by atoms with Crippen LogP contribution in [0.15, 0.2) is 84.9 Å². The molecule has 0 saturated heterocycles. The van der Waals surface area contributed by atoms with E-state index in [1.165, 1.54) is 21.9 Å². The molecule has 0 saturated carbocycles. The van der Waals surface area contributed by atoms with Gasteiger partial charge in [0.1, 0.15) is 0 Å². The molecular weight excluding hydrogens is 507 g/mol. The molecule has 2 aliphatic heterocycles. The summed E-state index contributed by atoms with van der Waals surface area (Å²) in [6.07, 6.45) is 8.36. The van der Waals surface area contributed by atoms with Crippen LogP contribution in [-0.2, 0) is 20.5 Å². The molecule has 0 nitrogen and oxygen atoms in total. The van der Waals surface area contributed by atoms with E-state index in [1.807, 2.05) is 6.07 Å². The molecule has 0 atom stereocenters. The maximum Gasteiger partial charge on any atom is -0.0623 e. The smallest absolute Gasteiger partial charge is 0.0623 e. The van der Waals surface area contributed by atoms with Gasteiger partial charge in [0.15, 0.2) is 0 Å². The van der Waals surface area contributed by atoms with E-state index in [0.717, 1.165) is 6.42 Å². The number of fused-ring (bicyclic) bond motifs is 1. The van der Waals surface area contributed by atoms with Gasteiger partial charge in [-0.3, -0.25) is 6.08 Å².